The lowest BCUT2D eigenvalue weighted by atomic mass is 9.94. The molecule has 0 unspecified atom stereocenters. The Labute approximate surface area is 91.3 Å². The molecule has 82 valence electrons. The first kappa shape index (κ1) is 11.4. The topological polar surface area (TPSA) is 116 Å². The predicted molar refractivity (Wildman–Crippen MR) is 59.7 cm³/mol. The molecule has 1 aliphatic rings. The Hall–Kier alpha value is -1.70. The van der Waals surface area contributed by atoms with Crippen LogP contribution in [0.1, 0.15) is 19.3 Å². The molecular formula is C7H11N5O2S. The summed E-state index contributed by atoms with van der Waals surface area (Å²) in [5, 5.41) is 27.4. The average Bonchev–Trinajstić information content (AvgIpc) is 2.25. The molecule has 0 aromatic heterocycles. The van der Waals surface area contributed by atoms with Crippen molar-refractivity contribution in [2.24, 2.45) is 21.1 Å². The van der Waals surface area contributed by atoms with Crippen LogP contribution in [0, 0.1) is 0 Å². The monoisotopic (exact) mass is 229 g/mol. The Morgan fingerprint density at radius 1 is 1.27 bits per heavy atom. The highest BCUT2D eigenvalue weighted by molar-refractivity contribution is 7.80. The lowest BCUT2D eigenvalue weighted by Crippen LogP contribution is -2.34. The third-order valence-corrected chi connectivity index (χ3v) is 1.98. The Morgan fingerprint density at radius 2 is 1.80 bits per heavy atom. The van der Waals surface area contributed by atoms with Crippen LogP contribution in [-0.4, -0.2) is 32.7 Å². The molecule has 0 atom stereocenters. The summed E-state index contributed by atoms with van der Waals surface area (Å²) in [6.45, 7) is 0. The minimum absolute atomic E-state index is 0.0114. The van der Waals surface area contributed by atoms with Gasteiger partial charge in [-0.05, 0) is 31.5 Å². The van der Waals surface area contributed by atoms with Crippen LogP contribution in [0.25, 0.3) is 0 Å². The van der Waals surface area contributed by atoms with Crippen molar-refractivity contribution in [2.45, 2.75) is 19.3 Å². The third-order valence-electron chi connectivity index (χ3n) is 1.89. The Morgan fingerprint density at radius 3 is 2.20 bits per heavy atom. The molecule has 15 heavy (non-hydrogen) atoms. The molecule has 1 aliphatic carbocycles. The zero-order chi connectivity index (χ0) is 11.3. The van der Waals surface area contributed by atoms with Crippen LogP contribution in [0.5, 0.6) is 0 Å². The van der Waals surface area contributed by atoms with Crippen molar-refractivity contribution in [3.05, 3.63) is 0 Å². The molecule has 5 N–H and O–H groups in total. The Bertz CT molecular complexity index is 327. The quantitative estimate of drug-likeness (QED) is 0.287. The second-order valence-electron chi connectivity index (χ2n) is 2.88. The highest BCUT2D eigenvalue weighted by Crippen LogP contribution is 2.11. The van der Waals surface area contributed by atoms with E-state index >= 15 is 0 Å². The van der Waals surface area contributed by atoms with Gasteiger partial charge in [-0.1, -0.05) is 10.3 Å². The molecule has 0 saturated heterocycles. The van der Waals surface area contributed by atoms with Crippen LogP contribution >= 0.6 is 12.2 Å². The average molecular weight is 229 g/mol. The van der Waals surface area contributed by atoms with Gasteiger partial charge in [0.2, 0.25) is 0 Å². The van der Waals surface area contributed by atoms with Crippen molar-refractivity contribution >= 4 is 34.5 Å². The van der Waals surface area contributed by atoms with Crippen molar-refractivity contribution in [1.29, 1.82) is 0 Å². The maximum atomic E-state index is 8.72. The first-order valence-corrected chi connectivity index (χ1v) is 4.65. The maximum absolute atomic E-state index is 8.72. The van der Waals surface area contributed by atoms with Gasteiger partial charge in [0.05, 0.1) is 0 Å². The Kier molecular flexibility index (Phi) is 3.98. The SMILES string of the molecule is NC(=S)NN=C1C(=NO)CCC/C1=N\O. The fourth-order valence-electron chi connectivity index (χ4n) is 1.26. The molecule has 1 rings (SSSR count). The summed E-state index contributed by atoms with van der Waals surface area (Å²) in [7, 11) is 0. The standard InChI is InChI=1S/C7H11N5O2S/c8-7(15)10-9-6-4(11-13)2-1-3-5(6)12-14/h13-14H,1-3H2,(H3,8,10,15)/b9-6?,11-4+,12-5?. The van der Waals surface area contributed by atoms with E-state index < -0.39 is 0 Å². The molecule has 1 fully saturated rings. The number of oxime groups is 2. The third kappa shape index (κ3) is 2.88. The van der Waals surface area contributed by atoms with Crippen molar-refractivity contribution in [2.75, 3.05) is 0 Å². The van der Waals surface area contributed by atoms with E-state index in [1.165, 1.54) is 0 Å². The zero-order valence-corrected chi connectivity index (χ0v) is 8.66. The minimum atomic E-state index is -0.0114. The summed E-state index contributed by atoms with van der Waals surface area (Å²) < 4.78 is 0. The zero-order valence-electron chi connectivity index (χ0n) is 7.84. The number of nitrogens with one attached hydrogen (secondary N) is 1. The van der Waals surface area contributed by atoms with Crippen LogP contribution in [0.15, 0.2) is 15.4 Å². The van der Waals surface area contributed by atoms with Gasteiger partial charge >= 0.3 is 0 Å². The van der Waals surface area contributed by atoms with E-state index in [2.05, 4.69) is 33.1 Å². The van der Waals surface area contributed by atoms with Crippen molar-refractivity contribution < 1.29 is 10.4 Å². The van der Waals surface area contributed by atoms with Crippen LogP contribution in [-0.2, 0) is 0 Å². The van der Waals surface area contributed by atoms with Gasteiger partial charge in [0.25, 0.3) is 0 Å². The highest BCUT2D eigenvalue weighted by atomic mass is 32.1. The molecule has 0 aromatic rings. The molecule has 0 aliphatic heterocycles. The van der Waals surface area contributed by atoms with Gasteiger partial charge in [-0.15, -0.1) is 0 Å². The van der Waals surface area contributed by atoms with Crippen LogP contribution in [0.2, 0.25) is 0 Å². The van der Waals surface area contributed by atoms with Gasteiger partial charge in [-0.2, -0.15) is 5.10 Å². The van der Waals surface area contributed by atoms with Crippen LogP contribution in [0.3, 0.4) is 0 Å². The summed E-state index contributed by atoms with van der Waals surface area (Å²) in [5.41, 5.74) is 8.52. The van der Waals surface area contributed by atoms with Crippen molar-refractivity contribution in [3.63, 3.8) is 0 Å². The van der Waals surface area contributed by atoms with E-state index in [0.717, 1.165) is 6.42 Å². The number of hydrogen-bond donors (Lipinski definition) is 4. The molecule has 1 saturated carbocycles. The molecule has 8 heteroatoms. The molecule has 0 amide bonds. The van der Waals surface area contributed by atoms with Crippen LogP contribution in [0.4, 0.5) is 0 Å². The molecule has 0 aromatic carbocycles. The number of hydrazone groups is 1. The van der Waals surface area contributed by atoms with Crippen LogP contribution < -0.4 is 11.2 Å². The summed E-state index contributed by atoms with van der Waals surface area (Å²) in [4.78, 5) is 0. The molecular weight excluding hydrogens is 218 g/mol. The van der Waals surface area contributed by atoms with Gasteiger partial charge in [-0.3, -0.25) is 5.43 Å². The fraction of sp³-hybridized carbons (Fsp3) is 0.429. The smallest absolute Gasteiger partial charge is 0.184 e. The second kappa shape index (κ2) is 5.25. The lowest BCUT2D eigenvalue weighted by Gasteiger charge is -2.15. The molecule has 0 bridgehead atoms. The fourth-order valence-corrected chi connectivity index (χ4v) is 1.31. The number of hydrogen-bond acceptors (Lipinski definition) is 6. The predicted octanol–water partition coefficient (Wildman–Crippen LogP) is 0.0199. The van der Waals surface area contributed by atoms with Gasteiger partial charge in [-0.25, -0.2) is 0 Å². The van der Waals surface area contributed by atoms with E-state index in [9.17, 15) is 0 Å². The highest BCUT2D eigenvalue weighted by Gasteiger charge is 2.23. The van der Waals surface area contributed by atoms with E-state index in [1.807, 2.05) is 0 Å². The largest absolute Gasteiger partial charge is 0.411 e. The summed E-state index contributed by atoms with van der Waals surface area (Å²) in [5.74, 6) is 0. The molecule has 0 heterocycles. The van der Waals surface area contributed by atoms with E-state index in [4.69, 9.17) is 16.1 Å². The lowest BCUT2D eigenvalue weighted by molar-refractivity contribution is 0.316. The number of nitrogens with zero attached hydrogens (tertiary/aromatic N) is 3. The van der Waals surface area contributed by atoms with E-state index in [0.29, 0.717) is 24.3 Å². The summed E-state index contributed by atoms with van der Waals surface area (Å²) >= 11 is 4.57. The second-order valence-corrected chi connectivity index (χ2v) is 3.32. The summed E-state index contributed by atoms with van der Waals surface area (Å²) in [6, 6.07) is 0. The molecule has 0 radical (unpaired) electrons. The van der Waals surface area contributed by atoms with E-state index in [-0.39, 0.29) is 10.8 Å². The number of rotatable bonds is 1. The van der Waals surface area contributed by atoms with Gasteiger partial charge in [0.1, 0.15) is 17.1 Å². The minimum Gasteiger partial charge on any atom is -0.411 e. The number of thiocarbonyl (C=S) groups is 1. The normalized spacial score (nSPS) is 24.7. The van der Waals surface area contributed by atoms with E-state index in [1.54, 1.807) is 0 Å². The first-order chi connectivity index (χ1) is 7.19. The van der Waals surface area contributed by atoms with Crippen molar-refractivity contribution in [3.8, 4) is 0 Å². The number of nitrogens with two attached hydrogens (primary N) is 1. The van der Waals surface area contributed by atoms with Crippen molar-refractivity contribution in [1.82, 2.24) is 5.43 Å². The molecule has 0 spiro atoms. The van der Waals surface area contributed by atoms with Gasteiger partial charge < -0.3 is 16.1 Å². The molecule has 7 nitrogen and oxygen atoms in total. The maximum Gasteiger partial charge on any atom is 0.184 e. The Balaban J connectivity index is 2.94. The summed E-state index contributed by atoms with van der Waals surface area (Å²) in [6.07, 6.45) is 1.87. The van der Waals surface area contributed by atoms with Gasteiger partial charge in [0.15, 0.2) is 5.11 Å². The van der Waals surface area contributed by atoms with Gasteiger partial charge in [0, 0.05) is 0 Å². The first-order valence-electron chi connectivity index (χ1n) is 4.24.